The van der Waals surface area contributed by atoms with Gasteiger partial charge in [0.05, 0.1) is 21.7 Å². The summed E-state index contributed by atoms with van der Waals surface area (Å²) >= 11 is 7.84. The predicted molar refractivity (Wildman–Crippen MR) is 122 cm³/mol. The van der Waals surface area contributed by atoms with Crippen LogP contribution < -0.4 is 5.32 Å². The molecule has 2 N–H and O–H groups in total. The van der Waals surface area contributed by atoms with Crippen molar-refractivity contribution in [2.24, 2.45) is 0 Å². The van der Waals surface area contributed by atoms with Crippen LogP contribution in [0.15, 0.2) is 30.5 Å². The van der Waals surface area contributed by atoms with Crippen molar-refractivity contribution in [2.45, 2.75) is 12.5 Å². The standard InChI is InChI=1S/C21H24ClN5O2S/c1-26(2)13-6-8-27(12-13)9-7-23-21-24-11-16(22)19(25-21)18-10-15-14(20(28)29)4-3-5-17(15)30-18/h3-5,10-11,13H,6-9,12H2,1-2H3,(H,28,29)(H,23,24,25)/t13-/m0/s1. The van der Waals surface area contributed by atoms with E-state index in [1.165, 1.54) is 17.8 Å². The SMILES string of the molecule is CN(C)[C@H]1CCN(CCNc2ncc(Cl)c(-c3cc4c(C(=O)O)cccc4s3)n2)C1. The molecule has 0 radical (unpaired) electrons. The molecule has 9 heteroatoms. The Balaban J connectivity index is 1.48. The highest BCUT2D eigenvalue weighted by molar-refractivity contribution is 7.22. The Kier molecular flexibility index (Phi) is 6.19. The lowest BCUT2D eigenvalue weighted by molar-refractivity contribution is 0.0699. The third-order valence-corrected chi connectivity index (χ3v) is 6.84. The van der Waals surface area contributed by atoms with Crippen LogP contribution in [-0.2, 0) is 0 Å². The lowest BCUT2D eigenvalue weighted by Crippen LogP contribution is -2.33. The van der Waals surface area contributed by atoms with Crippen molar-refractivity contribution in [1.82, 2.24) is 19.8 Å². The fourth-order valence-corrected chi connectivity index (χ4v) is 5.09. The van der Waals surface area contributed by atoms with Crippen LogP contribution >= 0.6 is 22.9 Å². The third kappa shape index (κ3) is 4.41. The Hall–Kier alpha value is -2.26. The molecule has 3 aromatic rings. The smallest absolute Gasteiger partial charge is 0.336 e. The van der Waals surface area contributed by atoms with Crippen LogP contribution in [0.3, 0.4) is 0 Å². The number of nitrogens with zero attached hydrogens (tertiary/aromatic N) is 4. The van der Waals surface area contributed by atoms with E-state index in [0.717, 1.165) is 35.8 Å². The average molecular weight is 446 g/mol. The van der Waals surface area contributed by atoms with Gasteiger partial charge >= 0.3 is 5.97 Å². The topological polar surface area (TPSA) is 81.6 Å². The number of benzene rings is 1. The molecule has 3 heterocycles. The van der Waals surface area contributed by atoms with Crippen molar-refractivity contribution < 1.29 is 9.90 Å². The molecule has 0 aliphatic carbocycles. The molecule has 1 saturated heterocycles. The largest absolute Gasteiger partial charge is 0.478 e. The molecular formula is C21H24ClN5O2S. The van der Waals surface area contributed by atoms with Gasteiger partial charge in [-0.05, 0) is 45.3 Å². The Morgan fingerprint density at radius 1 is 1.43 bits per heavy atom. The predicted octanol–water partition coefficient (Wildman–Crippen LogP) is 3.76. The maximum atomic E-state index is 11.5. The van der Waals surface area contributed by atoms with Crippen LogP contribution in [0.4, 0.5) is 5.95 Å². The van der Waals surface area contributed by atoms with Gasteiger partial charge in [0.25, 0.3) is 0 Å². The fourth-order valence-electron chi connectivity index (χ4n) is 3.75. The van der Waals surface area contributed by atoms with E-state index in [1.807, 2.05) is 12.1 Å². The van der Waals surface area contributed by atoms with E-state index in [0.29, 0.717) is 28.1 Å². The number of aromatic nitrogens is 2. The maximum absolute atomic E-state index is 11.5. The van der Waals surface area contributed by atoms with Crippen molar-refractivity contribution in [3.8, 4) is 10.6 Å². The number of nitrogens with one attached hydrogen (secondary N) is 1. The summed E-state index contributed by atoms with van der Waals surface area (Å²) in [6.45, 7) is 3.85. The molecule has 4 rings (SSSR count). The molecule has 1 fully saturated rings. The number of halogens is 1. The Labute approximate surface area is 184 Å². The van der Waals surface area contributed by atoms with Gasteiger partial charge in [-0.3, -0.25) is 4.90 Å². The van der Waals surface area contributed by atoms with Crippen LogP contribution in [0.1, 0.15) is 16.8 Å². The average Bonchev–Trinajstić information content (AvgIpc) is 3.35. The Morgan fingerprint density at radius 3 is 3.00 bits per heavy atom. The quantitative estimate of drug-likeness (QED) is 0.573. The van der Waals surface area contributed by atoms with Gasteiger partial charge in [0.15, 0.2) is 0 Å². The number of likely N-dealkylation sites (tertiary alicyclic amines) is 1. The van der Waals surface area contributed by atoms with E-state index >= 15 is 0 Å². The van der Waals surface area contributed by atoms with Crippen molar-refractivity contribution in [2.75, 3.05) is 45.6 Å². The second kappa shape index (κ2) is 8.85. The minimum absolute atomic E-state index is 0.278. The van der Waals surface area contributed by atoms with Gasteiger partial charge in [0, 0.05) is 35.8 Å². The van der Waals surface area contributed by atoms with Crippen molar-refractivity contribution >= 4 is 44.9 Å². The molecule has 158 valence electrons. The van der Waals surface area contributed by atoms with Crippen LogP contribution in [0.2, 0.25) is 5.02 Å². The first kappa shape index (κ1) is 21.0. The fraction of sp³-hybridized carbons (Fsp3) is 0.381. The second-order valence-corrected chi connectivity index (χ2v) is 9.15. The highest BCUT2D eigenvalue weighted by atomic mass is 35.5. The third-order valence-electron chi connectivity index (χ3n) is 5.46. The molecule has 1 aliphatic heterocycles. The summed E-state index contributed by atoms with van der Waals surface area (Å²) in [5.41, 5.74) is 0.890. The minimum Gasteiger partial charge on any atom is -0.478 e. The molecule has 7 nitrogen and oxygen atoms in total. The first-order valence-corrected chi connectivity index (χ1v) is 11.0. The Bertz CT molecular complexity index is 1070. The molecule has 2 aromatic heterocycles. The summed E-state index contributed by atoms with van der Waals surface area (Å²) in [5.74, 6) is -0.423. The van der Waals surface area contributed by atoms with E-state index in [-0.39, 0.29) is 5.56 Å². The summed E-state index contributed by atoms with van der Waals surface area (Å²) < 4.78 is 0.888. The number of hydrogen-bond acceptors (Lipinski definition) is 7. The first-order valence-electron chi connectivity index (χ1n) is 9.84. The number of likely N-dealkylation sites (N-methyl/N-ethyl adjacent to an activating group) is 1. The van der Waals surface area contributed by atoms with Crippen molar-refractivity contribution in [3.63, 3.8) is 0 Å². The number of anilines is 1. The zero-order valence-electron chi connectivity index (χ0n) is 16.9. The summed E-state index contributed by atoms with van der Waals surface area (Å²) in [4.78, 5) is 25.9. The number of carbonyl (C=O) groups is 1. The summed E-state index contributed by atoms with van der Waals surface area (Å²) in [5, 5.41) is 13.9. The minimum atomic E-state index is -0.945. The molecule has 0 unspecified atom stereocenters. The van der Waals surface area contributed by atoms with E-state index in [9.17, 15) is 9.90 Å². The molecule has 1 atom stereocenters. The molecule has 0 bridgehead atoms. The monoisotopic (exact) mass is 445 g/mol. The second-order valence-electron chi connectivity index (χ2n) is 7.66. The van der Waals surface area contributed by atoms with Gasteiger partial charge < -0.3 is 15.3 Å². The normalized spacial score (nSPS) is 17.1. The van der Waals surface area contributed by atoms with Gasteiger partial charge in [-0.15, -0.1) is 11.3 Å². The van der Waals surface area contributed by atoms with Gasteiger partial charge in [-0.2, -0.15) is 0 Å². The van der Waals surface area contributed by atoms with E-state index in [4.69, 9.17) is 11.6 Å². The number of thiophene rings is 1. The van der Waals surface area contributed by atoms with Crippen LogP contribution in [-0.4, -0.2) is 77.2 Å². The van der Waals surface area contributed by atoms with Crippen LogP contribution in [0.5, 0.6) is 0 Å². The molecule has 1 aliphatic rings. The zero-order valence-corrected chi connectivity index (χ0v) is 18.5. The highest BCUT2D eigenvalue weighted by Gasteiger charge is 2.23. The zero-order chi connectivity index (χ0) is 21.3. The van der Waals surface area contributed by atoms with Crippen LogP contribution in [0.25, 0.3) is 20.7 Å². The molecule has 30 heavy (non-hydrogen) atoms. The molecule has 0 saturated carbocycles. The highest BCUT2D eigenvalue weighted by Crippen LogP contribution is 2.37. The van der Waals surface area contributed by atoms with Crippen molar-refractivity contribution in [3.05, 3.63) is 41.0 Å². The number of rotatable bonds is 7. The van der Waals surface area contributed by atoms with Gasteiger partial charge in [0.2, 0.25) is 5.95 Å². The number of fused-ring (bicyclic) bond motifs is 1. The van der Waals surface area contributed by atoms with Gasteiger partial charge in [-0.25, -0.2) is 14.8 Å². The first-order chi connectivity index (χ1) is 14.4. The van der Waals surface area contributed by atoms with Gasteiger partial charge in [-0.1, -0.05) is 17.7 Å². The van der Waals surface area contributed by atoms with Gasteiger partial charge in [0.1, 0.15) is 5.69 Å². The number of carboxylic acid groups (broad SMARTS) is 1. The van der Waals surface area contributed by atoms with Crippen LogP contribution in [0, 0.1) is 0 Å². The molecular weight excluding hydrogens is 422 g/mol. The summed E-state index contributed by atoms with van der Waals surface area (Å²) in [6, 6.07) is 7.72. The molecule has 0 spiro atoms. The summed E-state index contributed by atoms with van der Waals surface area (Å²) in [7, 11) is 4.26. The van der Waals surface area contributed by atoms with Crippen molar-refractivity contribution in [1.29, 1.82) is 0 Å². The lowest BCUT2D eigenvalue weighted by Gasteiger charge is -2.20. The van der Waals surface area contributed by atoms with E-state index in [2.05, 4.69) is 39.2 Å². The lowest BCUT2D eigenvalue weighted by atomic mass is 10.1. The molecule has 1 aromatic carbocycles. The van der Waals surface area contributed by atoms with E-state index in [1.54, 1.807) is 18.3 Å². The number of hydrogen-bond donors (Lipinski definition) is 2. The van der Waals surface area contributed by atoms with E-state index < -0.39 is 5.97 Å². The number of aromatic carboxylic acids is 1. The summed E-state index contributed by atoms with van der Waals surface area (Å²) in [6.07, 6.45) is 2.78. The molecule has 0 amide bonds. The maximum Gasteiger partial charge on any atom is 0.336 e. The Morgan fingerprint density at radius 2 is 2.27 bits per heavy atom. The number of carboxylic acids is 1.